The predicted octanol–water partition coefficient (Wildman–Crippen LogP) is 1.21. The summed E-state index contributed by atoms with van der Waals surface area (Å²) < 4.78 is 0. The van der Waals surface area contributed by atoms with Crippen molar-refractivity contribution in [3.05, 3.63) is 0 Å². The van der Waals surface area contributed by atoms with E-state index in [1.807, 2.05) is 0 Å². The van der Waals surface area contributed by atoms with Crippen LogP contribution in [0, 0.1) is 11.8 Å². The summed E-state index contributed by atoms with van der Waals surface area (Å²) in [4.78, 5) is 11.1. The van der Waals surface area contributed by atoms with Crippen LogP contribution in [0.15, 0.2) is 0 Å². The first-order chi connectivity index (χ1) is 5.13. The molecule has 0 amide bonds. The first-order valence-electron chi connectivity index (χ1n) is 4.36. The van der Waals surface area contributed by atoms with E-state index in [1.54, 1.807) is 6.92 Å². The Kier molecular flexibility index (Phi) is 2.66. The van der Waals surface area contributed by atoms with Crippen LogP contribution in [0.4, 0.5) is 0 Å². The molecule has 64 valence electrons. The zero-order chi connectivity index (χ0) is 8.43. The molecule has 11 heavy (non-hydrogen) atoms. The van der Waals surface area contributed by atoms with E-state index >= 15 is 0 Å². The van der Waals surface area contributed by atoms with Crippen LogP contribution in [0.5, 0.6) is 0 Å². The van der Waals surface area contributed by atoms with E-state index in [4.69, 9.17) is 0 Å². The third-order valence-electron chi connectivity index (χ3n) is 2.56. The molecule has 1 saturated heterocycles. The zero-order valence-electron chi connectivity index (χ0n) is 7.55. The summed E-state index contributed by atoms with van der Waals surface area (Å²) in [5.74, 6) is 1.48. The van der Waals surface area contributed by atoms with E-state index in [0.29, 0.717) is 17.6 Å². The SMILES string of the molecule is CC(=O)C1NCCC1C(C)C. The molecule has 1 aliphatic rings. The Balaban J connectivity index is 2.58. The van der Waals surface area contributed by atoms with Crippen LogP contribution in [0.1, 0.15) is 27.2 Å². The van der Waals surface area contributed by atoms with Gasteiger partial charge in [0.05, 0.1) is 6.04 Å². The maximum atomic E-state index is 11.1. The number of carbonyl (C=O) groups excluding carboxylic acids is 1. The van der Waals surface area contributed by atoms with Gasteiger partial charge in [0.1, 0.15) is 5.78 Å². The monoisotopic (exact) mass is 155 g/mol. The summed E-state index contributed by atoms with van der Waals surface area (Å²) in [6.45, 7) is 7.06. The average molecular weight is 155 g/mol. The van der Waals surface area contributed by atoms with Gasteiger partial charge >= 0.3 is 0 Å². The highest BCUT2D eigenvalue weighted by Crippen LogP contribution is 2.24. The Morgan fingerprint density at radius 2 is 2.18 bits per heavy atom. The van der Waals surface area contributed by atoms with E-state index < -0.39 is 0 Å². The number of carbonyl (C=O) groups is 1. The van der Waals surface area contributed by atoms with Crippen LogP contribution < -0.4 is 5.32 Å². The van der Waals surface area contributed by atoms with Gasteiger partial charge in [0.2, 0.25) is 0 Å². The van der Waals surface area contributed by atoms with Crippen molar-refractivity contribution in [1.29, 1.82) is 0 Å². The average Bonchev–Trinajstić information content (AvgIpc) is 2.32. The first kappa shape index (κ1) is 8.72. The number of Topliss-reactive ketones (excluding diaryl/α,β-unsaturated/α-hetero) is 1. The second-order valence-corrected chi connectivity index (χ2v) is 3.74. The van der Waals surface area contributed by atoms with Gasteiger partial charge < -0.3 is 5.32 Å². The fourth-order valence-electron chi connectivity index (χ4n) is 1.89. The van der Waals surface area contributed by atoms with Gasteiger partial charge in [-0.2, -0.15) is 0 Å². The lowest BCUT2D eigenvalue weighted by molar-refractivity contribution is -0.119. The van der Waals surface area contributed by atoms with Crippen LogP contribution in [-0.2, 0) is 4.79 Å². The van der Waals surface area contributed by atoms with Crippen LogP contribution in [0.3, 0.4) is 0 Å². The molecular formula is C9H17NO. The van der Waals surface area contributed by atoms with Crippen molar-refractivity contribution in [2.24, 2.45) is 11.8 Å². The standard InChI is InChI=1S/C9H17NO/c1-6(2)8-4-5-10-9(8)7(3)11/h6,8-10H,4-5H2,1-3H3. The Hall–Kier alpha value is -0.370. The van der Waals surface area contributed by atoms with Crippen LogP contribution in [-0.4, -0.2) is 18.4 Å². The molecule has 2 heteroatoms. The van der Waals surface area contributed by atoms with Crippen molar-refractivity contribution in [3.63, 3.8) is 0 Å². The van der Waals surface area contributed by atoms with E-state index in [1.165, 1.54) is 0 Å². The molecule has 2 nitrogen and oxygen atoms in total. The highest BCUT2D eigenvalue weighted by molar-refractivity contribution is 5.82. The molecule has 1 fully saturated rings. The van der Waals surface area contributed by atoms with Crippen LogP contribution in [0.25, 0.3) is 0 Å². The fraction of sp³-hybridized carbons (Fsp3) is 0.889. The predicted molar refractivity (Wildman–Crippen MR) is 45.4 cm³/mol. The number of hydrogen-bond donors (Lipinski definition) is 1. The summed E-state index contributed by atoms with van der Waals surface area (Å²) in [7, 11) is 0. The van der Waals surface area contributed by atoms with Gasteiger partial charge in [-0.15, -0.1) is 0 Å². The van der Waals surface area contributed by atoms with Crippen molar-refractivity contribution in [3.8, 4) is 0 Å². The van der Waals surface area contributed by atoms with Crippen molar-refractivity contribution in [1.82, 2.24) is 5.32 Å². The minimum Gasteiger partial charge on any atom is -0.307 e. The van der Waals surface area contributed by atoms with E-state index in [-0.39, 0.29) is 6.04 Å². The Bertz CT molecular complexity index is 154. The number of hydrogen-bond acceptors (Lipinski definition) is 2. The van der Waals surface area contributed by atoms with Gasteiger partial charge in [0.25, 0.3) is 0 Å². The molecule has 0 saturated carbocycles. The van der Waals surface area contributed by atoms with Gasteiger partial charge in [-0.3, -0.25) is 4.79 Å². The van der Waals surface area contributed by atoms with Crippen LogP contribution in [0.2, 0.25) is 0 Å². The van der Waals surface area contributed by atoms with E-state index in [0.717, 1.165) is 13.0 Å². The largest absolute Gasteiger partial charge is 0.307 e. The number of nitrogens with one attached hydrogen (secondary N) is 1. The second-order valence-electron chi connectivity index (χ2n) is 3.74. The quantitative estimate of drug-likeness (QED) is 0.649. The molecule has 2 atom stereocenters. The van der Waals surface area contributed by atoms with Crippen molar-refractivity contribution in [2.75, 3.05) is 6.54 Å². The van der Waals surface area contributed by atoms with Gasteiger partial charge in [-0.25, -0.2) is 0 Å². The molecule has 2 unspecified atom stereocenters. The lowest BCUT2D eigenvalue weighted by atomic mass is 9.87. The van der Waals surface area contributed by atoms with Gasteiger partial charge in [-0.1, -0.05) is 13.8 Å². The minimum atomic E-state index is 0.134. The van der Waals surface area contributed by atoms with E-state index in [9.17, 15) is 4.79 Å². The minimum absolute atomic E-state index is 0.134. The molecule has 0 radical (unpaired) electrons. The highest BCUT2D eigenvalue weighted by atomic mass is 16.1. The molecule has 1 N–H and O–H groups in total. The molecule has 1 rings (SSSR count). The highest BCUT2D eigenvalue weighted by Gasteiger charge is 2.31. The second kappa shape index (κ2) is 3.35. The Morgan fingerprint density at radius 3 is 2.55 bits per heavy atom. The summed E-state index contributed by atoms with van der Waals surface area (Å²) in [6, 6.07) is 0.134. The molecule has 0 aliphatic carbocycles. The van der Waals surface area contributed by atoms with Gasteiger partial charge in [0.15, 0.2) is 0 Å². The molecule has 0 aromatic carbocycles. The third kappa shape index (κ3) is 1.80. The maximum Gasteiger partial charge on any atom is 0.146 e. The Labute approximate surface area is 68.4 Å². The Morgan fingerprint density at radius 1 is 1.55 bits per heavy atom. The molecule has 1 heterocycles. The molecular weight excluding hydrogens is 138 g/mol. The zero-order valence-corrected chi connectivity index (χ0v) is 7.55. The smallest absolute Gasteiger partial charge is 0.146 e. The lowest BCUT2D eigenvalue weighted by Crippen LogP contribution is -2.35. The summed E-state index contributed by atoms with van der Waals surface area (Å²) >= 11 is 0. The van der Waals surface area contributed by atoms with Crippen LogP contribution >= 0.6 is 0 Å². The number of ketones is 1. The van der Waals surface area contributed by atoms with Crippen molar-refractivity contribution >= 4 is 5.78 Å². The summed E-state index contributed by atoms with van der Waals surface area (Å²) in [5, 5.41) is 3.24. The normalized spacial score (nSPS) is 31.3. The first-order valence-corrected chi connectivity index (χ1v) is 4.36. The third-order valence-corrected chi connectivity index (χ3v) is 2.56. The van der Waals surface area contributed by atoms with Gasteiger partial charge in [-0.05, 0) is 31.7 Å². The fourth-order valence-corrected chi connectivity index (χ4v) is 1.89. The van der Waals surface area contributed by atoms with Crippen molar-refractivity contribution in [2.45, 2.75) is 33.2 Å². The topological polar surface area (TPSA) is 29.1 Å². The number of rotatable bonds is 2. The summed E-state index contributed by atoms with van der Waals surface area (Å²) in [6.07, 6.45) is 1.15. The molecule has 0 aromatic rings. The maximum absolute atomic E-state index is 11.1. The molecule has 1 aliphatic heterocycles. The van der Waals surface area contributed by atoms with Crippen molar-refractivity contribution < 1.29 is 4.79 Å². The molecule has 0 aromatic heterocycles. The molecule has 0 spiro atoms. The molecule has 0 bridgehead atoms. The van der Waals surface area contributed by atoms with E-state index in [2.05, 4.69) is 19.2 Å². The van der Waals surface area contributed by atoms with Gasteiger partial charge in [0, 0.05) is 0 Å². The summed E-state index contributed by atoms with van der Waals surface area (Å²) in [5.41, 5.74) is 0. The lowest BCUT2D eigenvalue weighted by Gasteiger charge is -2.19.